The third-order valence-corrected chi connectivity index (χ3v) is 3.73. The Morgan fingerprint density at radius 2 is 1.68 bits per heavy atom. The van der Waals surface area contributed by atoms with Gasteiger partial charge in [0, 0.05) is 15.7 Å². The number of halogens is 1. The predicted molar refractivity (Wildman–Crippen MR) is 89.6 cm³/mol. The number of azo groups is 1. The second-order valence-electron chi connectivity index (χ2n) is 4.58. The highest BCUT2D eigenvalue weighted by Gasteiger charge is 2.11. The molecule has 2 aromatic carbocycles. The van der Waals surface area contributed by atoms with Crippen LogP contribution < -0.4 is 11.3 Å². The molecule has 0 saturated heterocycles. The average Bonchev–Trinajstić information content (AvgIpc) is 2.88. The largest absolute Gasteiger partial charge is 0.399 e. The van der Waals surface area contributed by atoms with Crippen molar-refractivity contribution in [3.8, 4) is 11.3 Å². The van der Waals surface area contributed by atoms with Crippen molar-refractivity contribution >= 4 is 33.0 Å². The lowest BCUT2D eigenvalue weighted by Crippen LogP contribution is -1.96. The number of nitrogens with zero attached hydrogens (tertiary/aromatic N) is 2. The van der Waals surface area contributed by atoms with E-state index in [2.05, 4.69) is 36.4 Å². The lowest BCUT2D eigenvalue weighted by Gasteiger charge is -2.00. The van der Waals surface area contributed by atoms with Crippen LogP contribution in [-0.4, -0.2) is 10.2 Å². The molecular formula is C15H12BrN5O. The monoisotopic (exact) mass is 357 g/mol. The number of aromatic nitrogens is 2. The third-order valence-electron chi connectivity index (χ3n) is 3.06. The zero-order valence-corrected chi connectivity index (χ0v) is 13.0. The first-order valence-corrected chi connectivity index (χ1v) is 7.27. The summed E-state index contributed by atoms with van der Waals surface area (Å²) >= 11 is 3.39. The molecule has 0 aliphatic heterocycles. The molecular weight excluding hydrogens is 346 g/mol. The van der Waals surface area contributed by atoms with E-state index in [-0.39, 0.29) is 11.2 Å². The van der Waals surface area contributed by atoms with Crippen LogP contribution in [0, 0.1) is 0 Å². The smallest absolute Gasteiger partial charge is 0.292 e. The summed E-state index contributed by atoms with van der Waals surface area (Å²) in [6, 6.07) is 14.5. The first-order valence-electron chi connectivity index (χ1n) is 6.48. The molecule has 0 atom stereocenters. The number of nitrogens with one attached hydrogen (secondary N) is 2. The summed E-state index contributed by atoms with van der Waals surface area (Å²) in [5.41, 5.74) is 8.23. The van der Waals surface area contributed by atoms with Crippen LogP contribution >= 0.6 is 15.9 Å². The molecule has 3 rings (SSSR count). The van der Waals surface area contributed by atoms with Crippen molar-refractivity contribution < 1.29 is 0 Å². The second kappa shape index (κ2) is 5.98. The summed E-state index contributed by atoms with van der Waals surface area (Å²) in [6.07, 6.45) is 0. The topological polar surface area (TPSA) is 99.4 Å². The van der Waals surface area contributed by atoms with Crippen LogP contribution in [0.4, 0.5) is 17.1 Å². The van der Waals surface area contributed by atoms with E-state index in [1.807, 2.05) is 30.3 Å². The van der Waals surface area contributed by atoms with Crippen molar-refractivity contribution in [2.45, 2.75) is 0 Å². The van der Waals surface area contributed by atoms with Gasteiger partial charge < -0.3 is 5.73 Å². The van der Waals surface area contributed by atoms with E-state index >= 15 is 0 Å². The molecule has 7 heteroatoms. The summed E-state index contributed by atoms with van der Waals surface area (Å²) in [4.78, 5) is 11.9. The first kappa shape index (κ1) is 14.3. The minimum atomic E-state index is -0.331. The van der Waals surface area contributed by atoms with E-state index in [4.69, 9.17) is 5.73 Å². The number of rotatable bonds is 3. The van der Waals surface area contributed by atoms with Crippen molar-refractivity contribution in [3.05, 3.63) is 63.4 Å². The number of aromatic amines is 2. The molecule has 0 spiro atoms. The Labute approximate surface area is 134 Å². The quantitative estimate of drug-likeness (QED) is 0.484. The van der Waals surface area contributed by atoms with Crippen LogP contribution in [0.3, 0.4) is 0 Å². The Morgan fingerprint density at radius 1 is 0.955 bits per heavy atom. The molecule has 0 unspecified atom stereocenters. The van der Waals surface area contributed by atoms with Crippen LogP contribution in [-0.2, 0) is 0 Å². The van der Waals surface area contributed by atoms with E-state index in [1.54, 1.807) is 18.2 Å². The molecule has 0 fully saturated rings. The van der Waals surface area contributed by atoms with Gasteiger partial charge in [-0.05, 0) is 40.2 Å². The van der Waals surface area contributed by atoms with E-state index in [1.165, 1.54) is 0 Å². The number of benzene rings is 2. The predicted octanol–water partition coefficient (Wildman–Crippen LogP) is 4.13. The molecule has 0 radical (unpaired) electrons. The van der Waals surface area contributed by atoms with Gasteiger partial charge in [0.15, 0.2) is 5.69 Å². The summed E-state index contributed by atoms with van der Waals surface area (Å²) in [7, 11) is 0. The van der Waals surface area contributed by atoms with Gasteiger partial charge in [-0.3, -0.25) is 15.0 Å². The van der Waals surface area contributed by atoms with Crippen molar-refractivity contribution in [2.75, 3.05) is 5.73 Å². The van der Waals surface area contributed by atoms with Gasteiger partial charge in [-0.2, -0.15) is 0 Å². The second-order valence-corrected chi connectivity index (χ2v) is 5.43. The van der Waals surface area contributed by atoms with E-state index in [0.29, 0.717) is 17.1 Å². The number of H-pyrrole nitrogens is 2. The van der Waals surface area contributed by atoms with Crippen molar-refractivity contribution in [1.82, 2.24) is 10.2 Å². The van der Waals surface area contributed by atoms with Gasteiger partial charge >= 0.3 is 0 Å². The standard InChI is InChI=1S/C15H12BrN5O/c16-11-3-1-2-4-12(11)18-20-14-13(19-21-15(14)22)9-5-7-10(17)8-6-9/h1-8H,17H2,(H2,19,21,22). The van der Waals surface area contributed by atoms with Crippen molar-refractivity contribution in [2.24, 2.45) is 10.2 Å². The summed E-state index contributed by atoms with van der Waals surface area (Å²) in [6.45, 7) is 0. The van der Waals surface area contributed by atoms with Gasteiger partial charge in [0.2, 0.25) is 0 Å². The van der Waals surface area contributed by atoms with Crippen LogP contribution in [0.2, 0.25) is 0 Å². The Hall–Kier alpha value is -2.67. The number of nitrogens with two attached hydrogens (primary N) is 1. The molecule has 6 nitrogen and oxygen atoms in total. The highest BCUT2D eigenvalue weighted by molar-refractivity contribution is 9.10. The molecule has 1 aromatic heterocycles. The molecule has 0 aliphatic rings. The van der Waals surface area contributed by atoms with Crippen LogP contribution in [0.1, 0.15) is 0 Å². The molecule has 22 heavy (non-hydrogen) atoms. The zero-order valence-electron chi connectivity index (χ0n) is 11.4. The Balaban J connectivity index is 2.01. The lowest BCUT2D eigenvalue weighted by molar-refractivity contribution is 1.06. The normalized spacial score (nSPS) is 11.1. The maximum atomic E-state index is 11.9. The minimum absolute atomic E-state index is 0.223. The zero-order chi connectivity index (χ0) is 15.5. The fourth-order valence-corrected chi connectivity index (χ4v) is 2.31. The minimum Gasteiger partial charge on any atom is -0.399 e. The third kappa shape index (κ3) is 2.84. The highest BCUT2D eigenvalue weighted by atomic mass is 79.9. The average molecular weight is 358 g/mol. The molecule has 0 saturated carbocycles. The van der Waals surface area contributed by atoms with Gasteiger partial charge in [-0.15, -0.1) is 10.2 Å². The van der Waals surface area contributed by atoms with Gasteiger partial charge in [-0.1, -0.05) is 24.3 Å². The van der Waals surface area contributed by atoms with E-state index < -0.39 is 0 Å². The van der Waals surface area contributed by atoms with Gasteiger partial charge in [0.25, 0.3) is 5.56 Å². The van der Waals surface area contributed by atoms with Gasteiger partial charge in [0.05, 0.1) is 11.4 Å². The molecule has 4 N–H and O–H groups in total. The highest BCUT2D eigenvalue weighted by Crippen LogP contribution is 2.29. The van der Waals surface area contributed by atoms with Crippen molar-refractivity contribution in [3.63, 3.8) is 0 Å². The Kier molecular flexibility index (Phi) is 3.88. The Bertz CT molecular complexity index is 879. The van der Waals surface area contributed by atoms with Crippen molar-refractivity contribution in [1.29, 1.82) is 0 Å². The van der Waals surface area contributed by atoms with E-state index in [9.17, 15) is 4.79 Å². The fraction of sp³-hybridized carbons (Fsp3) is 0. The summed E-state index contributed by atoms with van der Waals surface area (Å²) in [5.74, 6) is 0. The Morgan fingerprint density at radius 3 is 2.41 bits per heavy atom. The number of hydrogen-bond donors (Lipinski definition) is 3. The summed E-state index contributed by atoms with van der Waals surface area (Å²) < 4.78 is 0.805. The van der Waals surface area contributed by atoms with Crippen LogP contribution in [0.5, 0.6) is 0 Å². The molecule has 1 heterocycles. The fourth-order valence-electron chi connectivity index (χ4n) is 1.94. The van der Waals surface area contributed by atoms with E-state index in [0.717, 1.165) is 10.0 Å². The number of hydrogen-bond acceptors (Lipinski definition) is 4. The number of nitrogen functional groups attached to an aromatic ring is 1. The number of anilines is 1. The summed E-state index contributed by atoms with van der Waals surface area (Å²) in [5, 5.41) is 13.6. The SMILES string of the molecule is Nc1ccc(-c2[nH][nH]c(=O)c2N=Nc2ccccc2Br)cc1. The molecule has 0 aliphatic carbocycles. The molecule has 0 amide bonds. The maximum absolute atomic E-state index is 11.9. The van der Waals surface area contributed by atoms with Gasteiger partial charge in [0.1, 0.15) is 0 Å². The molecule has 0 bridgehead atoms. The molecule has 110 valence electrons. The van der Waals surface area contributed by atoms with Crippen LogP contribution in [0.25, 0.3) is 11.3 Å². The van der Waals surface area contributed by atoms with Crippen LogP contribution in [0.15, 0.2) is 68.0 Å². The maximum Gasteiger partial charge on any atom is 0.292 e. The first-order chi connectivity index (χ1) is 10.6. The lowest BCUT2D eigenvalue weighted by atomic mass is 10.1. The van der Waals surface area contributed by atoms with Gasteiger partial charge in [-0.25, -0.2) is 0 Å². The molecule has 3 aromatic rings.